The number of rotatable bonds is 2. The number of phenols is 1. The molecule has 0 unspecified atom stereocenters. The fraction of sp³-hybridized carbons (Fsp3) is 0. The molecule has 0 saturated heterocycles. The predicted molar refractivity (Wildman–Crippen MR) is 58.9 cm³/mol. The molecule has 0 radical (unpaired) electrons. The van der Waals surface area contributed by atoms with Gasteiger partial charge in [-0.2, -0.15) is 0 Å². The topological polar surface area (TPSA) is 37.3 Å². The number of phenolic OH excluding ortho intramolecular Hbond substituents is 1. The van der Waals surface area contributed by atoms with E-state index in [9.17, 15) is 14.3 Å². The van der Waals surface area contributed by atoms with Crippen LogP contribution in [0.15, 0.2) is 42.5 Å². The van der Waals surface area contributed by atoms with Gasteiger partial charge in [0.1, 0.15) is 17.9 Å². The number of carbonyl (C=O) groups is 1. The van der Waals surface area contributed by atoms with Gasteiger partial charge in [-0.05, 0) is 29.8 Å². The van der Waals surface area contributed by atoms with E-state index in [2.05, 4.69) is 0 Å². The van der Waals surface area contributed by atoms with Crippen molar-refractivity contribution >= 4 is 6.29 Å². The molecule has 0 bridgehead atoms. The first-order valence-corrected chi connectivity index (χ1v) is 4.75. The van der Waals surface area contributed by atoms with E-state index in [1.165, 1.54) is 18.2 Å². The summed E-state index contributed by atoms with van der Waals surface area (Å²) in [5.74, 6) is -0.436. The maximum absolute atomic E-state index is 13.0. The zero-order chi connectivity index (χ0) is 11.5. The molecule has 2 nitrogen and oxygen atoms in total. The molecular formula is C13H9FO2. The molecule has 16 heavy (non-hydrogen) atoms. The van der Waals surface area contributed by atoms with Crippen LogP contribution in [0, 0.1) is 5.82 Å². The van der Waals surface area contributed by atoms with Gasteiger partial charge in [0.2, 0.25) is 0 Å². The van der Waals surface area contributed by atoms with Crippen molar-refractivity contribution in [1.29, 1.82) is 0 Å². The van der Waals surface area contributed by atoms with Crippen LogP contribution in [0.1, 0.15) is 10.4 Å². The van der Waals surface area contributed by atoms with E-state index in [0.717, 1.165) is 0 Å². The Kier molecular flexibility index (Phi) is 2.68. The summed E-state index contributed by atoms with van der Waals surface area (Å²) in [7, 11) is 0. The maximum Gasteiger partial charge on any atom is 0.150 e. The first-order valence-electron chi connectivity index (χ1n) is 4.75. The monoisotopic (exact) mass is 216 g/mol. The average molecular weight is 216 g/mol. The summed E-state index contributed by atoms with van der Waals surface area (Å²) in [5, 5.41) is 9.60. The molecule has 0 heterocycles. The largest absolute Gasteiger partial charge is 0.507 e. The van der Waals surface area contributed by atoms with E-state index in [-0.39, 0.29) is 5.75 Å². The molecular weight excluding hydrogens is 207 g/mol. The molecule has 0 amide bonds. The second-order valence-corrected chi connectivity index (χ2v) is 3.40. The van der Waals surface area contributed by atoms with E-state index >= 15 is 0 Å². The first kappa shape index (κ1) is 10.4. The second-order valence-electron chi connectivity index (χ2n) is 3.40. The molecule has 0 atom stereocenters. The minimum Gasteiger partial charge on any atom is -0.507 e. The molecule has 0 aliphatic heterocycles. The third-order valence-electron chi connectivity index (χ3n) is 2.29. The summed E-state index contributed by atoms with van der Waals surface area (Å²) in [6.07, 6.45) is 0.708. The van der Waals surface area contributed by atoms with E-state index < -0.39 is 5.82 Å². The first-order chi connectivity index (χ1) is 7.70. The summed E-state index contributed by atoms with van der Waals surface area (Å²) >= 11 is 0. The van der Waals surface area contributed by atoms with Crippen LogP contribution in [-0.4, -0.2) is 11.4 Å². The van der Waals surface area contributed by atoms with Crippen LogP contribution in [0.2, 0.25) is 0 Å². The Labute approximate surface area is 92.0 Å². The maximum atomic E-state index is 13.0. The lowest BCUT2D eigenvalue weighted by molar-refractivity contribution is 0.112. The van der Waals surface area contributed by atoms with Crippen molar-refractivity contribution in [2.75, 3.05) is 0 Å². The molecule has 3 heteroatoms. The Morgan fingerprint density at radius 3 is 2.69 bits per heavy atom. The van der Waals surface area contributed by atoms with E-state index in [0.29, 0.717) is 23.0 Å². The van der Waals surface area contributed by atoms with E-state index in [4.69, 9.17) is 0 Å². The van der Waals surface area contributed by atoms with Gasteiger partial charge in [-0.1, -0.05) is 18.2 Å². The summed E-state index contributed by atoms with van der Waals surface area (Å²) in [5.41, 5.74) is 1.48. The van der Waals surface area contributed by atoms with Crippen LogP contribution in [0.3, 0.4) is 0 Å². The normalized spacial score (nSPS) is 10.1. The summed E-state index contributed by atoms with van der Waals surface area (Å²) in [6.45, 7) is 0. The lowest BCUT2D eigenvalue weighted by atomic mass is 10.0. The van der Waals surface area contributed by atoms with Gasteiger partial charge in [0.25, 0.3) is 0 Å². The fourth-order valence-electron chi connectivity index (χ4n) is 1.52. The van der Waals surface area contributed by atoms with Crippen molar-refractivity contribution < 1.29 is 14.3 Å². The SMILES string of the molecule is O=Cc1cccc(-c2cc(F)ccc2O)c1. The molecule has 0 aliphatic carbocycles. The molecule has 1 N–H and O–H groups in total. The van der Waals surface area contributed by atoms with Gasteiger partial charge in [-0.25, -0.2) is 4.39 Å². The van der Waals surface area contributed by atoms with Crippen molar-refractivity contribution in [2.24, 2.45) is 0 Å². The van der Waals surface area contributed by atoms with Gasteiger partial charge >= 0.3 is 0 Å². The summed E-state index contributed by atoms with van der Waals surface area (Å²) in [6, 6.07) is 10.3. The lowest BCUT2D eigenvalue weighted by Crippen LogP contribution is -1.84. The van der Waals surface area contributed by atoms with Crippen molar-refractivity contribution in [3.05, 3.63) is 53.8 Å². The smallest absolute Gasteiger partial charge is 0.150 e. The highest BCUT2D eigenvalue weighted by atomic mass is 19.1. The van der Waals surface area contributed by atoms with Gasteiger partial charge < -0.3 is 5.11 Å². The standard InChI is InChI=1S/C13H9FO2/c14-11-4-5-13(16)12(7-11)10-3-1-2-9(6-10)8-15/h1-8,16H. The molecule has 2 rings (SSSR count). The number of aldehydes is 1. The second kappa shape index (κ2) is 4.14. The van der Waals surface area contributed by atoms with E-state index in [1.54, 1.807) is 24.3 Å². The Bertz CT molecular complexity index is 535. The molecule has 0 saturated carbocycles. The van der Waals surface area contributed by atoms with Gasteiger partial charge in [0.15, 0.2) is 0 Å². The minimum atomic E-state index is -0.427. The molecule has 0 aromatic heterocycles. The van der Waals surface area contributed by atoms with Crippen molar-refractivity contribution in [1.82, 2.24) is 0 Å². The quantitative estimate of drug-likeness (QED) is 0.783. The molecule has 0 fully saturated rings. The Balaban J connectivity index is 2.57. The highest BCUT2D eigenvalue weighted by molar-refractivity contribution is 5.80. The Hall–Kier alpha value is -2.16. The van der Waals surface area contributed by atoms with Crippen LogP contribution in [0.5, 0.6) is 5.75 Å². The van der Waals surface area contributed by atoms with Gasteiger partial charge in [0.05, 0.1) is 0 Å². The summed E-state index contributed by atoms with van der Waals surface area (Å²) < 4.78 is 13.0. The molecule has 80 valence electrons. The molecule has 2 aromatic rings. The van der Waals surface area contributed by atoms with Crippen LogP contribution < -0.4 is 0 Å². The average Bonchev–Trinajstić information content (AvgIpc) is 2.32. The molecule has 0 spiro atoms. The Morgan fingerprint density at radius 2 is 1.94 bits per heavy atom. The van der Waals surface area contributed by atoms with E-state index in [1.807, 2.05) is 0 Å². The van der Waals surface area contributed by atoms with Crippen molar-refractivity contribution in [3.8, 4) is 16.9 Å². The molecule has 0 aliphatic rings. The van der Waals surface area contributed by atoms with Crippen molar-refractivity contribution in [2.45, 2.75) is 0 Å². The minimum absolute atomic E-state index is 0.00977. The van der Waals surface area contributed by atoms with Crippen molar-refractivity contribution in [3.63, 3.8) is 0 Å². The number of hydrogen-bond donors (Lipinski definition) is 1. The third kappa shape index (κ3) is 1.93. The number of halogens is 1. The number of hydrogen-bond acceptors (Lipinski definition) is 2. The van der Waals surface area contributed by atoms with Crippen LogP contribution >= 0.6 is 0 Å². The summed E-state index contributed by atoms with van der Waals surface area (Å²) in [4.78, 5) is 10.6. The van der Waals surface area contributed by atoms with Crippen LogP contribution in [0.25, 0.3) is 11.1 Å². The fourth-order valence-corrected chi connectivity index (χ4v) is 1.52. The lowest BCUT2D eigenvalue weighted by Gasteiger charge is -2.05. The van der Waals surface area contributed by atoms with Gasteiger partial charge in [0, 0.05) is 11.1 Å². The zero-order valence-corrected chi connectivity index (χ0v) is 8.35. The zero-order valence-electron chi connectivity index (χ0n) is 8.35. The number of aromatic hydroxyl groups is 1. The van der Waals surface area contributed by atoms with Gasteiger partial charge in [-0.3, -0.25) is 4.79 Å². The van der Waals surface area contributed by atoms with Crippen LogP contribution in [0.4, 0.5) is 4.39 Å². The number of carbonyl (C=O) groups excluding carboxylic acids is 1. The third-order valence-corrected chi connectivity index (χ3v) is 2.29. The van der Waals surface area contributed by atoms with Gasteiger partial charge in [-0.15, -0.1) is 0 Å². The molecule has 2 aromatic carbocycles. The van der Waals surface area contributed by atoms with Crippen LogP contribution in [-0.2, 0) is 0 Å². The predicted octanol–water partition coefficient (Wildman–Crippen LogP) is 3.01. The number of benzene rings is 2. The Morgan fingerprint density at radius 1 is 1.12 bits per heavy atom. The highest BCUT2D eigenvalue weighted by Crippen LogP contribution is 2.29. The highest BCUT2D eigenvalue weighted by Gasteiger charge is 2.06.